The molecule has 28 heavy (non-hydrogen) atoms. The van der Waals surface area contributed by atoms with E-state index in [0.717, 1.165) is 37.6 Å². The first-order chi connectivity index (χ1) is 13.8. The Morgan fingerprint density at radius 3 is 1.46 bits per heavy atom. The van der Waals surface area contributed by atoms with Crippen molar-refractivity contribution in [2.75, 3.05) is 13.2 Å². The molecule has 0 bridgehead atoms. The molecule has 2 nitrogen and oxygen atoms in total. The molecule has 0 aliphatic rings. The second kappa shape index (κ2) is 10.9. The van der Waals surface area contributed by atoms with E-state index < -0.39 is 0 Å². The molecule has 0 saturated heterocycles. The lowest BCUT2D eigenvalue weighted by Gasteiger charge is -2.13. The molecule has 0 atom stereocenters. The summed E-state index contributed by atoms with van der Waals surface area (Å²) in [7, 11) is 0. The van der Waals surface area contributed by atoms with E-state index in [-0.39, 0.29) is 0 Å². The first-order valence-electron chi connectivity index (χ1n) is 11.0. The second-order valence-electron chi connectivity index (χ2n) is 7.63. The molecule has 0 radical (unpaired) electrons. The van der Waals surface area contributed by atoms with E-state index >= 15 is 0 Å². The van der Waals surface area contributed by atoms with Gasteiger partial charge in [0, 0.05) is 10.8 Å². The molecule has 3 aromatic rings. The van der Waals surface area contributed by atoms with Crippen LogP contribution in [0.15, 0.2) is 48.5 Å². The summed E-state index contributed by atoms with van der Waals surface area (Å²) < 4.78 is 12.2. The third-order valence-electron chi connectivity index (χ3n) is 5.31. The van der Waals surface area contributed by atoms with Gasteiger partial charge < -0.3 is 9.47 Å². The highest BCUT2D eigenvalue weighted by molar-refractivity contribution is 6.03. The Kier molecular flexibility index (Phi) is 8.02. The molecule has 3 rings (SSSR count). The van der Waals surface area contributed by atoms with E-state index in [1.165, 1.54) is 60.1 Å². The van der Waals surface area contributed by atoms with E-state index in [4.69, 9.17) is 9.47 Å². The van der Waals surface area contributed by atoms with Gasteiger partial charge >= 0.3 is 0 Å². The van der Waals surface area contributed by atoms with Crippen molar-refractivity contribution >= 4 is 21.5 Å². The quantitative estimate of drug-likeness (QED) is 0.235. The monoisotopic (exact) mass is 378 g/mol. The zero-order valence-corrected chi connectivity index (χ0v) is 17.5. The minimum absolute atomic E-state index is 0.790. The lowest BCUT2D eigenvalue weighted by molar-refractivity contribution is 0.308. The maximum absolute atomic E-state index is 6.12. The largest absolute Gasteiger partial charge is 0.493 e. The van der Waals surface area contributed by atoms with E-state index in [0.29, 0.717) is 0 Å². The van der Waals surface area contributed by atoms with E-state index in [9.17, 15) is 0 Å². The molecular formula is C26H34O2. The van der Waals surface area contributed by atoms with E-state index in [2.05, 4.69) is 62.4 Å². The average molecular weight is 379 g/mol. The highest BCUT2D eigenvalue weighted by Gasteiger charge is 2.08. The van der Waals surface area contributed by atoms with Crippen molar-refractivity contribution in [1.29, 1.82) is 0 Å². The summed E-state index contributed by atoms with van der Waals surface area (Å²) >= 11 is 0. The van der Waals surface area contributed by atoms with Crippen molar-refractivity contribution in [1.82, 2.24) is 0 Å². The highest BCUT2D eigenvalue weighted by atomic mass is 16.5. The zero-order chi connectivity index (χ0) is 19.6. The van der Waals surface area contributed by atoms with Crippen LogP contribution in [0.25, 0.3) is 21.5 Å². The fourth-order valence-electron chi connectivity index (χ4n) is 3.67. The van der Waals surface area contributed by atoms with E-state index in [1.807, 2.05) is 0 Å². The van der Waals surface area contributed by atoms with Crippen LogP contribution in [0, 0.1) is 0 Å². The molecule has 150 valence electrons. The molecule has 0 aromatic heterocycles. The van der Waals surface area contributed by atoms with Crippen LogP contribution >= 0.6 is 0 Å². The summed E-state index contributed by atoms with van der Waals surface area (Å²) in [5.74, 6) is 1.98. The molecule has 0 heterocycles. The van der Waals surface area contributed by atoms with Crippen LogP contribution in [-0.4, -0.2) is 13.2 Å². The predicted molar refractivity (Wildman–Crippen MR) is 121 cm³/mol. The normalized spacial score (nSPS) is 11.2. The number of hydrogen-bond acceptors (Lipinski definition) is 2. The van der Waals surface area contributed by atoms with Gasteiger partial charge in [-0.2, -0.15) is 0 Å². The van der Waals surface area contributed by atoms with Crippen molar-refractivity contribution < 1.29 is 9.47 Å². The van der Waals surface area contributed by atoms with Crippen LogP contribution in [0.2, 0.25) is 0 Å². The first-order valence-corrected chi connectivity index (χ1v) is 11.0. The summed E-state index contributed by atoms with van der Waals surface area (Å²) in [6, 6.07) is 17.2. The number of unbranched alkanes of at least 4 members (excludes halogenated alkanes) is 6. The fraction of sp³-hybridized carbons (Fsp3) is 0.462. The maximum atomic E-state index is 6.12. The molecule has 0 N–H and O–H groups in total. The van der Waals surface area contributed by atoms with Crippen molar-refractivity contribution in [3.05, 3.63) is 48.5 Å². The van der Waals surface area contributed by atoms with Crippen molar-refractivity contribution in [3.63, 3.8) is 0 Å². The Morgan fingerprint density at radius 2 is 1.04 bits per heavy atom. The number of fused-ring (bicyclic) bond motifs is 2. The maximum Gasteiger partial charge on any atom is 0.127 e. The van der Waals surface area contributed by atoms with Crippen LogP contribution in [0.5, 0.6) is 11.5 Å². The lowest BCUT2D eigenvalue weighted by atomic mass is 10.0. The summed E-state index contributed by atoms with van der Waals surface area (Å²) in [5.41, 5.74) is 0. The lowest BCUT2D eigenvalue weighted by Crippen LogP contribution is -1.99. The van der Waals surface area contributed by atoms with Crippen LogP contribution in [-0.2, 0) is 0 Å². The molecule has 0 amide bonds. The van der Waals surface area contributed by atoms with Gasteiger partial charge in [0.15, 0.2) is 0 Å². The summed E-state index contributed by atoms with van der Waals surface area (Å²) in [6.45, 7) is 6.05. The topological polar surface area (TPSA) is 18.5 Å². The molecule has 0 saturated carbocycles. The van der Waals surface area contributed by atoms with Crippen LogP contribution in [0.4, 0.5) is 0 Å². The van der Waals surface area contributed by atoms with Gasteiger partial charge in [-0.05, 0) is 47.9 Å². The number of ether oxygens (including phenoxy) is 2. The number of rotatable bonds is 12. The molecule has 0 aliphatic carbocycles. The van der Waals surface area contributed by atoms with Gasteiger partial charge in [-0.1, -0.05) is 76.6 Å². The van der Waals surface area contributed by atoms with Crippen LogP contribution in [0.3, 0.4) is 0 Å². The third-order valence-corrected chi connectivity index (χ3v) is 5.31. The van der Waals surface area contributed by atoms with Gasteiger partial charge in [0.25, 0.3) is 0 Å². The number of benzene rings is 3. The molecule has 0 fully saturated rings. The van der Waals surface area contributed by atoms with Gasteiger partial charge in [0.2, 0.25) is 0 Å². The smallest absolute Gasteiger partial charge is 0.127 e. The molecule has 0 spiro atoms. The van der Waals surface area contributed by atoms with Gasteiger partial charge in [0.05, 0.1) is 13.2 Å². The summed E-state index contributed by atoms with van der Waals surface area (Å²) in [5, 5.41) is 4.79. The Hall–Kier alpha value is -2.22. The van der Waals surface area contributed by atoms with Crippen LogP contribution < -0.4 is 9.47 Å². The molecule has 0 aliphatic heterocycles. The highest BCUT2D eigenvalue weighted by Crippen LogP contribution is 2.34. The van der Waals surface area contributed by atoms with Gasteiger partial charge in [-0.15, -0.1) is 0 Å². The van der Waals surface area contributed by atoms with Crippen molar-refractivity contribution in [2.24, 2.45) is 0 Å². The molecule has 3 aromatic carbocycles. The van der Waals surface area contributed by atoms with Crippen LogP contribution in [0.1, 0.15) is 65.2 Å². The predicted octanol–water partition coefficient (Wildman–Crippen LogP) is 7.91. The van der Waals surface area contributed by atoms with E-state index in [1.54, 1.807) is 0 Å². The van der Waals surface area contributed by atoms with Crippen molar-refractivity contribution in [3.8, 4) is 11.5 Å². The average Bonchev–Trinajstić information content (AvgIpc) is 2.72. The van der Waals surface area contributed by atoms with Gasteiger partial charge in [0.1, 0.15) is 11.5 Å². The minimum Gasteiger partial charge on any atom is -0.493 e. The standard InChI is InChI=1S/C26H34O2/c1-3-5-7-9-17-27-25-15-11-13-21-20-24-22(19-23(21)25)14-12-16-26(24)28-18-10-8-6-4-2/h11-16,19-20H,3-10,17-18H2,1-2H3. The summed E-state index contributed by atoms with van der Waals surface area (Å²) in [4.78, 5) is 0. The Balaban J connectivity index is 1.77. The number of hydrogen-bond donors (Lipinski definition) is 0. The third kappa shape index (κ3) is 5.41. The molecule has 2 heteroatoms. The molecular weight excluding hydrogens is 344 g/mol. The fourth-order valence-corrected chi connectivity index (χ4v) is 3.67. The summed E-state index contributed by atoms with van der Waals surface area (Å²) in [6.07, 6.45) is 9.79. The zero-order valence-electron chi connectivity index (χ0n) is 17.5. The Labute approximate surface area is 169 Å². The van der Waals surface area contributed by atoms with Gasteiger partial charge in [-0.3, -0.25) is 0 Å². The SMILES string of the molecule is CCCCCCOc1cccc2cc3c(OCCCCCC)cccc3cc12. The molecule has 0 unspecified atom stereocenters. The Bertz CT molecular complexity index is 795. The van der Waals surface area contributed by atoms with Gasteiger partial charge in [-0.25, -0.2) is 0 Å². The Morgan fingerprint density at radius 1 is 0.571 bits per heavy atom. The second-order valence-corrected chi connectivity index (χ2v) is 7.63. The minimum atomic E-state index is 0.790. The first kappa shape index (κ1) is 20.5. The van der Waals surface area contributed by atoms with Crippen molar-refractivity contribution in [2.45, 2.75) is 65.2 Å².